The number of amides is 2. The zero-order valence-corrected chi connectivity index (χ0v) is 12.1. The van der Waals surface area contributed by atoms with Crippen LogP contribution in [0.1, 0.15) is 31.8 Å². The molecule has 0 fully saturated rings. The Morgan fingerprint density at radius 1 is 0.957 bits per heavy atom. The SMILES string of the molecule is O=C1c2ccccc2C(=O)N1[C@H]1Cc2ccc([N+](=O)[O-])cc2C1. The van der Waals surface area contributed by atoms with Crippen LogP contribution >= 0.6 is 0 Å². The molecule has 2 aromatic carbocycles. The predicted molar refractivity (Wildman–Crippen MR) is 81.2 cm³/mol. The molecule has 0 saturated heterocycles. The minimum Gasteiger partial charge on any atom is -0.271 e. The van der Waals surface area contributed by atoms with Crippen LogP contribution in [0.4, 0.5) is 5.69 Å². The van der Waals surface area contributed by atoms with Gasteiger partial charge < -0.3 is 0 Å². The molecule has 6 heteroatoms. The summed E-state index contributed by atoms with van der Waals surface area (Å²) in [5, 5.41) is 10.9. The smallest absolute Gasteiger partial charge is 0.269 e. The fourth-order valence-electron chi connectivity index (χ4n) is 3.42. The van der Waals surface area contributed by atoms with Gasteiger partial charge in [-0.15, -0.1) is 0 Å². The molecule has 23 heavy (non-hydrogen) atoms. The Labute approximate surface area is 131 Å². The van der Waals surface area contributed by atoms with Crippen molar-refractivity contribution >= 4 is 17.5 Å². The number of nitro benzene ring substituents is 1. The number of rotatable bonds is 2. The zero-order valence-electron chi connectivity index (χ0n) is 12.1. The molecular weight excluding hydrogens is 296 g/mol. The quantitative estimate of drug-likeness (QED) is 0.484. The molecule has 2 amide bonds. The number of non-ortho nitro benzene ring substituents is 1. The van der Waals surface area contributed by atoms with E-state index in [9.17, 15) is 19.7 Å². The Hall–Kier alpha value is -3.02. The highest BCUT2D eigenvalue weighted by Crippen LogP contribution is 2.33. The molecule has 0 N–H and O–H groups in total. The van der Waals surface area contributed by atoms with Crippen molar-refractivity contribution in [3.8, 4) is 0 Å². The number of imide groups is 1. The highest BCUT2D eigenvalue weighted by Gasteiger charge is 2.41. The summed E-state index contributed by atoms with van der Waals surface area (Å²) in [6, 6.07) is 11.2. The minimum atomic E-state index is -0.435. The van der Waals surface area contributed by atoms with E-state index in [2.05, 4.69) is 0 Å². The van der Waals surface area contributed by atoms with Gasteiger partial charge in [-0.1, -0.05) is 18.2 Å². The van der Waals surface area contributed by atoms with Crippen molar-refractivity contribution in [1.82, 2.24) is 4.90 Å². The largest absolute Gasteiger partial charge is 0.271 e. The second-order valence-electron chi connectivity index (χ2n) is 5.80. The Bertz CT molecular complexity index is 840. The van der Waals surface area contributed by atoms with Crippen LogP contribution in [0.5, 0.6) is 0 Å². The van der Waals surface area contributed by atoms with Gasteiger partial charge in [-0.05, 0) is 36.1 Å². The van der Waals surface area contributed by atoms with Crippen molar-refractivity contribution in [2.45, 2.75) is 18.9 Å². The van der Waals surface area contributed by atoms with Gasteiger partial charge in [0.1, 0.15) is 0 Å². The molecule has 2 aromatic rings. The Morgan fingerprint density at radius 2 is 1.57 bits per heavy atom. The van der Waals surface area contributed by atoms with Crippen molar-refractivity contribution in [2.24, 2.45) is 0 Å². The van der Waals surface area contributed by atoms with Crippen molar-refractivity contribution in [2.75, 3.05) is 0 Å². The first-order chi connectivity index (χ1) is 11.1. The summed E-state index contributed by atoms with van der Waals surface area (Å²) in [6.45, 7) is 0. The van der Waals surface area contributed by atoms with Crippen molar-refractivity contribution in [1.29, 1.82) is 0 Å². The molecule has 0 saturated carbocycles. The maximum atomic E-state index is 12.5. The predicted octanol–water partition coefficient (Wildman–Crippen LogP) is 2.36. The molecule has 6 nitrogen and oxygen atoms in total. The van der Waals surface area contributed by atoms with Crippen LogP contribution in [0.3, 0.4) is 0 Å². The first-order valence-electron chi connectivity index (χ1n) is 7.29. The van der Waals surface area contributed by atoms with Gasteiger partial charge in [0, 0.05) is 18.2 Å². The lowest BCUT2D eigenvalue weighted by Gasteiger charge is -2.21. The van der Waals surface area contributed by atoms with Gasteiger partial charge in [0.15, 0.2) is 0 Å². The Kier molecular flexibility index (Phi) is 2.81. The highest BCUT2D eigenvalue weighted by molar-refractivity contribution is 6.21. The molecule has 1 aliphatic carbocycles. The van der Waals surface area contributed by atoms with Gasteiger partial charge in [0.25, 0.3) is 17.5 Å². The van der Waals surface area contributed by atoms with E-state index in [4.69, 9.17) is 0 Å². The number of hydrogen-bond acceptors (Lipinski definition) is 4. The fourth-order valence-corrected chi connectivity index (χ4v) is 3.42. The van der Waals surface area contributed by atoms with E-state index in [1.807, 2.05) is 0 Å². The zero-order chi connectivity index (χ0) is 16.1. The van der Waals surface area contributed by atoms with Crippen molar-refractivity contribution < 1.29 is 14.5 Å². The van der Waals surface area contributed by atoms with E-state index in [1.54, 1.807) is 30.3 Å². The van der Waals surface area contributed by atoms with E-state index >= 15 is 0 Å². The first-order valence-corrected chi connectivity index (χ1v) is 7.29. The maximum Gasteiger partial charge on any atom is 0.269 e. The highest BCUT2D eigenvalue weighted by atomic mass is 16.6. The van der Waals surface area contributed by atoms with Crippen LogP contribution in [-0.2, 0) is 12.8 Å². The fraction of sp³-hybridized carbons (Fsp3) is 0.176. The first kappa shape index (κ1) is 13.6. The molecule has 114 valence electrons. The van der Waals surface area contributed by atoms with E-state index in [0.717, 1.165) is 11.1 Å². The molecule has 0 bridgehead atoms. The van der Waals surface area contributed by atoms with Crippen molar-refractivity contribution in [3.05, 3.63) is 74.8 Å². The second-order valence-corrected chi connectivity index (χ2v) is 5.80. The summed E-state index contributed by atoms with van der Waals surface area (Å²) in [4.78, 5) is 36.8. The van der Waals surface area contributed by atoms with Crippen LogP contribution < -0.4 is 0 Å². The standard InChI is InChI=1S/C17H12N2O4/c20-16-14-3-1-2-4-15(14)17(21)18(16)13-7-10-5-6-12(19(22)23)8-11(10)9-13/h1-6,8,13H,7,9H2/t13-/m0/s1. The molecule has 4 rings (SSSR count). The van der Waals surface area contributed by atoms with Gasteiger partial charge in [-0.2, -0.15) is 0 Å². The van der Waals surface area contributed by atoms with Gasteiger partial charge in [-0.25, -0.2) is 0 Å². The molecule has 0 spiro atoms. The van der Waals surface area contributed by atoms with Gasteiger partial charge in [0.05, 0.1) is 16.1 Å². The Balaban J connectivity index is 1.66. The second kappa shape index (κ2) is 4.74. The van der Waals surface area contributed by atoms with Crippen LogP contribution in [0, 0.1) is 10.1 Å². The molecule has 0 radical (unpaired) electrons. The summed E-state index contributed by atoms with van der Waals surface area (Å²) >= 11 is 0. The number of nitro groups is 1. The van der Waals surface area contributed by atoms with Crippen LogP contribution in [0.2, 0.25) is 0 Å². The van der Waals surface area contributed by atoms with Gasteiger partial charge in [0.2, 0.25) is 0 Å². The molecule has 2 aliphatic rings. The maximum absolute atomic E-state index is 12.5. The summed E-state index contributed by atoms with van der Waals surface area (Å²) in [5.41, 5.74) is 2.68. The summed E-state index contributed by atoms with van der Waals surface area (Å²) < 4.78 is 0. The van der Waals surface area contributed by atoms with E-state index in [1.165, 1.54) is 17.0 Å². The lowest BCUT2D eigenvalue weighted by Crippen LogP contribution is -2.40. The van der Waals surface area contributed by atoms with Gasteiger partial charge in [-0.3, -0.25) is 24.6 Å². The average molecular weight is 308 g/mol. The number of benzene rings is 2. The van der Waals surface area contributed by atoms with E-state index in [-0.39, 0.29) is 23.5 Å². The van der Waals surface area contributed by atoms with Crippen molar-refractivity contribution in [3.63, 3.8) is 0 Å². The van der Waals surface area contributed by atoms with Crippen LogP contribution in [0.15, 0.2) is 42.5 Å². The summed E-state index contributed by atoms with van der Waals surface area (Å²) in [7, 11) is 0. The number of carbonyl (C=O) groups is 2. The third-order valence-electron chi connectivity index (χ3n) is 4.50. The minimum absolute atomic E-state index is 0.0340. The van der Waals surface area contributed by atoms with Gasteiger partial charge >= 0.3 is 0 Å². The number of hydrogen-bond donors (Lipinski definition) is 0. The van der Waals surface area contributed by atoms with Crippen LogP contribution in [-0.4, -0.2) is 27.7 Å². The number of carbonyl (C=O) groups excluding carboxylic acids is 2. The average Bonchev–Trinajstić information content (AvgIpc) is 3.06. The topological polar surface area (TPSA) is 80.5 Å². The molecule has 0 unspecified atom stereocenters. The molecule has 1 aliphatic heterocycles. The summed E-state index contributed by atoms with van der Waals surface area (Å²) in [5.74, 6) is -0.559. The molecule has 0 aromatic heterocycles. The lowest BCUT2D eigenvalue weighted by atomic mass is 10.1. The third-order valence-corrected chi connectivity index (χ3v) is 4.50. The number of fused-ring (bicyclic) bond motifs is 2. The monoisotopic (exact) mass is 308 g/mol. The summed E-state index contributed by atoms with van der Waals surface area (Å²) in [6.07, 6.45) is 1.00. The Morgan fingerprint density at radius 3 is 2.17 bits per heavy atom. The molecule has 1 atom stereocenters. The molecule has 1 heterocycles. The lowest BCUT2D eigenvalue weighted by molar-refractivity contribution is -0.384. The normalized spacial score (nSPS) is 19.0. The molecular formula is C17H12N2O4. The third kappa shape index (κ3) is 1.95. The van der Waals surface area contributed by atoms with E-state index in [0.29, 0.717) is 24.0 Å². The number of nitrogens with zero attached hydrogens (tertiary/aromatic N) is 2. The van der Waals surface area contributed by atoms with E-state index < -0.39 is 4.92 Å². The van der Waals surface area contributed by atoms with Crippen LogP contribution in [0.25, 0.3) is 0 Å².